The molecule has 0 bridgehead atoms. The lowest BCUT2D eigenvalue weighted by molar-refractivity contribution is -0.132. The van der Waals surface area contributed by atoms with Gasteiger partial charge in [0.05, 0.1) is 24.3 Å². The number of fused-ring (bicyclic) bond motifs is 1. The van der Waals surface area contributed by atoms with Crippen LogP contribution in [0.25, 0.3) is 10.9 Å². The molecule has 0 fully saturated rings. The standard InChI is InChI=1S/C18H19N3O2S/c1-13(17-8-5-11-24-17)20(2)18(23)9-10-21-15-7-4-3-6-14(15)16(22)12-19-21/h3-8,11-13H,9-10H2,1-2H3/t13-/m0/s1. The number of rotatable bonds is 5. The Balaban J connectivity index is 1.73. The van der Waals surface area contributed by atoms with Crippen molar-refractivity contribution in [2.75, 3.05) is 7.05 Å². The number of amides is 1. The number of carbonyl (C=O) groups excluding carboxylic acids is 1. The molecular formula is C18H19N3O2S. The Hall–Kier alpha value is -2.47. The van der Waals surface area contributed by atoms with Crippen molar-refractivity contribution in [2.24, 2.45) is 0 Å². The SMILES string of the molecule is C[C@@H](c1cccs1)N(C)C(=O)CCn1ncc(=O)c2ccccc21. The number of hydrogen-bond acceptors (Lipinski definition) is 4. The molecule has 0 unspecified atom stereocenters. The summed E-state index contributed by atoms with van der Waals surface area (Å²) < 4.78 is 1.72. The molecule has 124 valence electrons. The van der Waals surface area contributed by atoms with E-state index in [-0.39, 0.29) is 17.4 Å². The number of thiophene rings is 1. The number of carbonyl (C=O) groups is 1. The van der Waals surface area contributed by atoms with Gasteiger partial charge in [0.15, 0.2) is 0 Å². The molecule has 6 heteroatoms. The van der Waals surface area contributed by atoms with Crippen LogP contribution in [0.2, 0.25) is 0 Å². The second-order valence-corrected chi connectivity index (χ2v) is 6.67. The summed E-state index contributed by atoms with van der Waals surface area (Å²) in [6, 6.07) is 11.4. The summed E-state index contributed by atoms with van der Waals surface area (Å²) in [5, 5.41) is 6.81. The van der Waals surface area contributed by atoms with E-state index in [0.717, 1.165) is 10.4 Å². The van der Waals surface area contributed by atoms with E-state index in [0.29, 0.717) is 18.4 Å². The first-order valence-electron chi connectivity index (χ1n) is 7.82. The molecule has 0 N–H and O–H groups in total. The van der Waals surface area contributed by atoms with Crippen molar-refractivity contribution in [3.8, 4) is 0 Å². The zero-order chi connectivity index (χ0) is 17.1. The van der Waals surface area contributed by atoms with Crippen molar-refractivity contribution < 1.29 is 4.79 Å². The summed E-state index contributed by atoms with van der Waals surface area (Å²) in [7, 11) is 1.82. The maximum atomic E-state index is 12.5. The maximum absolute atomic E-state index is 12.5. The van der Waals surface area contributed by atoms with E-state index in [9.17, 15) is 9.59 Å². The van der Waals surface area contributed by atoms with Crippen molar-refractivity contribution in [2.45, 2.75) is 25.9 Å². The molecule has 0 spiro atoms. The van der Waals surface area contributed by atoms with Gasteiger partial charge in [-0.3, -0.25) is 14.3 Å². The first kappa shape index (κ1) is 16.4. The predicted molar refractivity (Wildman–Crippen MR) is 96.1 cm³/mol. The number of aryl methyl sites for hydroxylation is 1. The first-order chi connectivity index (χ1) is 11.6. The number of aromatic nitrogens is 2. The van der Waals surface area contributed by atoms with Crippen LogP contribution >= 0.6 is 11.3 Å². The van der Waals surface area contributed by atoms with Crippen molar-refractivity contribution in [1.82, 2.24) is 14.7 Å². The van der Waals surface area contributed by atoms with Gasteiger partial charge in [-0.15, -0.1) is 11.3 Å². The van der Waals surface area contributed by atoms with Gasteiger partial charge in [-0.25, -0.2) is 0 Å². The molecular weight excluding hydrogens is 322 g/mol. The molecule has 5 nitrogen and oxygen atoms in total. The van der Waals surface area contributed by atoms with Crippen LogP contribution in [-0.2, 0) is 11.3 Å². The molecule has 3 rings (SSSR count). The van der Waals surface area contributed by atoms with Crippen LogP contribution in [0.1, 0.15) is 24.3 Å². The summed E-state index contributed by atoms with van der Waals surface area (Å²) in [5.41, 5.74) is 0.656. The minimum absolute atomic E-state index is 0.0521. The maximum Gasteiger partial charge on any atom is 0.224 e. The van der Waals surface area contributed by atoms with Gasteiger partial charge < -0.3 is 4.90 Å². The molecule has 1 aromatic carbocycles. The number of para-hydroxylation sites is 1. The fraction of sp³-hybridized carbons (Fsp3) is 0.278. The lowest BCUT2D eigenvalue weighted by atomic mass is 10.2. The molecule has 24 heavy (non-hydrogen) atoms. The van der Waals surface area contributed by atoms with Gasteiger partial charge in [-0.05, 0) is 30.5 Å². The fourth-order valence-electron chi connectivity index (χ4n) is 2.65. The van der Waals surface area contributed by atoms with E-state index in [1.807, 2.05) is 49.7 Å². The average molecular weight is 341 g/mol. The Morgan fingerprint density at radius 3 is 2.83 bits per heavy atom. The highest BCUT2D eigenvalue weighted by atomic mass is 32.1. The molecule has 0 radical (unpaired) electrons. The normalized spacial score (nSPS) is 12.2. The third-order valence-electron chi connectivity index (χ3n) is 4.23. The minimum atomic E-state index is -0.100. The summed E-state index contributed by atoms with van der Waals surface area (Å²) in [4.78, 5) is 27.3. The minimum Gasteiger partial charge on any atom is -0.338 e. The van der Waals surface area contributed by atoms with Crippen LogP contribution < -0.4 is 5.43 Å². The van der Waals surface area contributed by atoms with Crippen LogP contribution in [0.4, 0.5) is 0 Å². The van der Waals surface area contributed by atoms with Crippen LogP contribution in [0, 0.1) is 0 Å². The van der Waals surface area contributed by atoms with Crippen LogP contribution in [0.5, 0.6) is 0 Å². The highest BCUT2D eigenvalue weighted by molar-refractivity contribution is 7.10. The highest BCUT2D eigenvalue weighted by Gasteiger charge is 2.18. The van der Waals surface area contributed by atoms with Crippen molar-refractivity contribution in [3.05, 3.63) is 63.1 Å². The van der Waals surface area contributed by atoms with Gasteiger partial charge >= 0.3 is 0 Å². The third kappa shape index (κ3) is 3.23. The Bertz CT molecular complexity index is 902. The van der Waals surface area contributed by atoms with E-state index >= 15 is 0 Å². The van der Waals surface area contributed by atoms with E-state index in [1.165, 1.54) is 6.20 Å². The van der Waals surface area contributed by atoms with Crippen LogP contribution in [0.3, 0.4) is 0 Å². The molecule has 0 aliphatic carbocycles. The molecule has 0 saturated carbocycles. The van der Waals surface area contributed by atoms with Gasteiger partial charge in [0.25, 0.3) is 0 Å². The monoisotopic (exact) mass is 341 g/mol. The largest absolute Gasteiger partial charge is 0.338 e. The highest BCUT2D eigenvalue weighted by Crippen LogP contribution is 2.23. The smallest absolute Gasteiger partial charge is 0.224 e. The molecule has 3 aromatic rings. The average Bonchev–Trinajstić information content (AvgIpc) is 3.14. The lowest BCUT2D eigenvalue weighted by Crippen LogP contribution is -2.30. The molecule has 1 atom stereocenters. The Kier molecular flexibility index (Phi) is 4.76. The van der Waals surface area contributed by atoms with E-state index in [2.05, 4.69) is 5.10 Å². The van der Waals surface area contributed by atoms with Gasteiger partial charge in [-0.2, -0.15) is 5.10 Å². The van der Waals surface area contributed by atoms with Gasteiger partial charge in [0.1, 0.15) is 0 Å². The molecule has 2 aromatic heterocycles. The number of nitrogens with zero attached hydrogens (tertiary/aromatic N) is 3. The zero-order valence-electron chi connectivity index (χ0n) is 13.7. The van der Waals surface area contributed by atoms with Crippen molar-refractivity contribution in [3.63, 3.8) is 0 Å². The fourth-order valence-corrected chi connectivity index (χ4v) is 3.48. The predicted octanol–water partition coefficient (Wildman–Crippen LogP) is 3.07. The molecule has 2 heterocycles. The van der Waals surface area contributed by atoms with Crippen molar-refractivity contribution in [1.29, 1.82) is 0 Å². The summed E-state index contributed by atoms with van der Waals surface area (Å²) in [6.45, 7) is 2.47. The lowest BCUT2D eigenvalue weighted by Gasteiger charge is -2.24. The topological polar surface area (TPSA) is 55.2 Å². The second kappa shape index (κ2) is 6.97. The molecule has 0 aliphatic heterocycles. The Morgan fingerprint density at radius 2 is 2.08 bits per heavy atom. The van der Waals surface area contributed by atoms with E-state index in [4.69, 9.17) is 0 Å². The van der Waals surface area contributed by atoms with Gasteiger partial charge in [0, 0.05) is 23.7 Å². The van der Waals surface area contributed by atoms with E-state index in [1.54, 1.807) is 27.0 Å². The first-order valence-corrected chi connectivity index (χ1v) is 8.70. The zero-order valence-corrected chi connectivity index (χ0v) is 14.5. The Morgan fingerprint density at radius 1 is 1.29 bits per heavy atom. The van der Waals surface area contributed by atoms with Gasteiger partial charge in [0.2, 0.25) is 11.3 Å². The summed E-state index contributed by atoms with van der Waals surface area (Å²) >= 11 is 1.65. The van der Waals surface area contributed by atoms with Crippen molar-refractivity contribution >= 4 is 28.1 Å². The molecule has 1 amide bonds. The van der Waals surface area contributed by atoms with Gasteiger partial charge in [-0.1, -0.05) is 18.2 Å². The second-order valence-electron chi connectivity index (χ2n) is 5.70. The molecule has 0 aliphatic rings. The van der Waals surface area contributed by atoms with Crippen LogP contribution in [0.15, 0.2) is 52.8 Å². The Labute approximate surface area is 144 Å². The molecule has 0 saturated heterocycles. The van der Waals surface area contributed by atoms with E-state index < -0.39 is 0 Å². The van der Waals surface area contributed by atoms with Crippen LogP contribution in [-0.4, -0.2) is 27.6 Å². The summed E-state index contributed by atoms with van der Waals surface area (Å²) in [6.07, 6.45) is 1.65. The number of benzene rings is 1. The number of hydrogen-bond donors (Lipinski definition) is 0. The summed E-state index contributed by atoms with van der Waals surface area (Å²) in [5.74, 6) is 0.0560. The third-order valence-corrected chi connectivity index (χ3v) is 5.27. The quantitative estimate of drug-likeness (QED) is 0.717.